The third-order valence-electron chi connectivity index (χ3n) is 4.40. The minimum atomic E-state index is -3.71. The van der Waals surface area contributed by atoms with Crippen LogP contribution in [0.5, 0.6) is 0 Å². The zero-order chi connectivity index (χ0) is 19.8. The second-order valence-electron chi connectivity index (χ2n) is 6.17. The largest absolute Gasteiger partial charge is 0.243 e. The maximum absolute atomic E-state index is 12.9. The van der Waals surface area contributed by atoms with Gasteiger partial charge in [-0.05, 0) is 55.0 Å². The molecule has 1 saturated heterocycles. The van der Waals surface area contributed by atoms with E-state index in [1.165, 1.54) is 45.0 Å². The van der Waals surface area contributed by atoms with Crippen LogP contribution in [-0.2, 0) is 20.0 Å². The molecule has 0 unspecified atom stereocenters. The van der Waals surface area contributed by atoms with E-state index in [1.807, 2.05) is 0 Å². The number of nitrogens with zero attached hydrogens (tertiary/aromatic N) is 2. The summed E-state index contributed by atoms with van der Waals surface area (Å²) in [6.07, 6.45) is 0. The molecular weight excluding hydrogens is 431 g/mol. The number of sulfonamides is 2. The fraction of sp³-hybridized carbons (Fsp3) is 0.294. The van der Waals surface area contributed by atoms with E-state index in [-0.39, 0.29) is 36.0 Å². The van der Waals surface area contributed by atoms with Crippen LogP contribution < -0.4 is 0 Å². The molecule has 1 fully saturated rings. The minimum Gasteiger partial charge on any atom is -0.207 e. The molecule has 1 aliphatic heterocycles. The van der Waals surface area contributed by atoms with Crippen molar-refractivity contribution in [2.45, 2.75) is 16.7 Å². The molecule has 6 nitrogen and oxygen atoms in total. The van der Waals surface area contributed by atoms with Crippen molar-refractivity contribution in [3.05, 3.63) is 58.1 Å². The lowest BCUT2D eigenvalue weighted by atomic mass is 10.2. The zero-order valence-electron chi connectivity index (χ0n) is 14.5. The summed E-state index contributed by atoms with van der Waals surface area (Å²) in [7, 11) is -7.40. The van der Waals surface area contributed by atoms with Gasteiger partial charge < -0.3 is 0 Å². The molecule has 0 radical (unpaired) electrons. The summed E-state index contributed by atoms with van der Waals surface area (Å²) in [5.41, 5.74) is 0.554. The van der Waals surface area contributed by atoms with Gasteiger partial charge in [0.2, 0.25) is 20.0 Å². The van der Waals surface area contributed by atoms with E-state index in [9.17, 15) is 16.8 Å². The minimum absolute atomic E-state index is 0.0802. The van der Waals surface area contributed by atoms with Crippen molar-refractivity contribution in [3.63, 3.8) is 0 Å². The van der Waals surface area contributed by atoms with Crippen molar-refractivity contribution in [2.75, 3.05) is 26.2 Å². The van der Waals surface area contributed by atoms with Crippen LogP contribution in [0.15, 0.2) is 52.3 Å². The van der Waals surface area contributed by atoms with Gasteiger partial charge in [-0.2, -0.15) is 8.61 Å². The lowest BCUT2D eigenvalue weighted by Gasteiger charge is -2.33. The summed E-state index contributed by atoms with van der Waals surface area (Å²) in [6.45, 7) is 2.00. The second-order valence-corrected chi connectivity index (χ2v) is 10.9. The van der Waals surface area contributed by atoms with E-state index in [4.69, 9.17) is 23.2 Å². The SMILES string of the molecule is Cc1cc(Cl)ccc1S(=O)(=O)N1CCN(S(=O)(=O)c2ccc(Cl)cc2)CC1. The monoisotopic (exact) mass is 448 g/mol. The molecule has 2 aromatic carbocycles. The molecule has 0 spiro atoms. The van der Waals surface area contributed by atoms with Gasteiger partial charge >= 0.3 is 0 Å². The average Bonchev–Trinajstić information content (AvgIpc) is 2.62. The average molecular weight is 449 g/mol. The number of piperazine rings is 1. The standard InChI is InChI=1S/C17H18Cl2N2O4S2/c1-13-12-15(19)4-7-17(13)27(24,25)21-10-8-20(9-11-21)26(22,23)16-5-2-14(18)3-6-16/h2-7,12H,8-11H2,1H3. The Labute approximate surface area is 169 Å². The number of rotatable bonds is 4. The first-order valence-corrected chi connectivity index (χ1v) is 11.8. The van der Waals surface area contributed by atoms with Crippen molar-refractivity contribution >= 4 is 43.2 Å². The molecule has 0 amide bonds. The number of hydrogen-bond acceptors (Lipinski definition) is 4. The number of benzene rings is 2. The molecule has 0 saturated carbocycles. The molecule has 2 aromatic rings. The Kier molecular flexibility index (Phi) is 5.86. The van der Waals surface area contributed by atoms with Crippen LogP contribution in [0.2, 0.25) is 10.0 Å². The number of halogens is 2. The molecule has 0 bridgehead atoms. The third kappa shape index (κ3) is 4.16. The van der Waals surface area contributed by atoms with Gasteiger partial charge in [0.05, 0.1) is 9.79 Å². The maximum atomic E-state index is 12.9. The quantitative estimate of drug-likeness (QED) is 0.720. The first kappa shape index (κ1) is 20.6. The molecular formula is C17H18Cl2N2O4S2. The first-order valence-electron chi connectivity index (χ1n) is 8.14. The zero-order valence-corrected chi connectivity index (χ0v) is 17.6. The Morgan fingerprint density at radius 1 is 0.741 bits per heavy atom. The number of hydrogen-bond donors (Lipinski definition) is 0. The molecule has 1 heterocycles. The fourth-order valence-electron chi connectivity index (χ4n) is 2.95. The highest BCUT2D eigenvalue weighted by Gasteiger charge is 2.34. The van der Waals surface area contributed by atoms with Crippen molar-refractivity contribution in [2.24, 2.45) is 0 Å². The summed E-state index contributed by atoms with van der Waals surface area (Å²) in [6, 6.07) is 10.5. The fourth-order valence-corrected chi connectivity index (χ4v) is 6.35. The summed E-state index contributed by atoms with van der Waals surface area (Å²) >= 11 is 11.7. The third-order valence-corrected chi connectivity index (χ3v) is 8.86. The second kappa shape index (κ2) is 7.69. The molecule has 0 N–H and O–H groups in total. The summed E-state index contributed by atoms with van der Waals surface area (Å²) in [4.78, 5) is 0.317. The Bertz CT molecular complexity index is 1050. The lowest BCUT2D eigenvalue weighted by Crippen LogP contribution is -2.50. The van der Waals surface area contributed by atoms with Crippen LogP contribution in [0.4, 0.5) is 0 Å². The maximum Gasteiger partial charge on any atom is 0.243 e. The van der Waals surface area contributed by atoms with Crippen molar-refractivity contribution < 1.29 is 16.8 Å². The molecule has 3 rings (SSSR count). The molecule has 146 valence electrons. The number of aryl methyl sites for hydroxylation is 1. The Morgan fingerprint density at radius 2 is 1.22 bits per heavy atom. The van der Waals surface area contributed by atoms with Crippen LogP contribution >= 0.6 is 23.2 Å². The van der Waals surface area contributed by atoms with Gasteiger partial charge in [-0.1, -0.05) is 23.2 Å². The van der Waals surface area contributed by atoms with E-state index in [1.54, 1.807) is 13.0 Å². The predicted molar refractivity (Wildman–Crippen MR) is 105 cm³/mol. The van der Waals surface area contributed by atoms with E-state index in [2.05, 4.69) is 0 Å². The van der Waals surface area contributed by atoms with Gasteiger partial charge in [0.1, 0.15) is 0 Å². The smallest absolute Gasteiger partial charge is 0.207 e. The topological polar surface area (TPSA) is 74.8 Å². The van der Waals surface area contributed by atoms with Gasteiger partial charge in [-0.15, -0.1) is 0 Å². The van der Waals surface area contributed by atoms with E-state index in [0.717, 1.165) is 0 Å². The molecule has 0 atom stereocenters. The Morgan fingerprint density at radius 3 is 1.74 bits per heavy atom. The summed E-state index contributed by atoms with van der Waals surface area (Å²) < 4.78 is 53.8. The molecule has 1 aliphatic rings. The van der Waals surface area contributed by atoms with Crippen LogP contribution in [0, 0.1) is 6.92 Å². The van der Waals surface area contributed by atoms with Crippen molar-refractivity contribution in [3.8, 4) is 0 Å². The van der Waals surface area contributed by atoms with Gasteiger partial charge in [0.25, 0.3) is 0 Å². The van der Waals surface area contributed by atoms with E-state index in [0.29, 0.717) is 15.6 Å². The molecule has 27 heavy (non-hydrogen) atoms. The van der Waals surface area contributed by atoms with Gasteiger partial charge in [-0.25, -0.2) is 16.8 Å². The molecule has 10 heteroatoms. The van der Waals surface area contributed by atoms with Crippen LogP contribution in [0.3, 0.4) is 0 Å². The van der Waals surface area contributed by atoms with Crippen molar-refractivity contribution in [1.82, 2.24) is 8.61 Å². The molecule has 0 aliphatic carbocycles. The van der Waals surface area contributed by atoms with E-state index < -0.39 is 20.0 Å². The highest BCUT2D eigenvalue weighted by atomic mass is 35.5. The Balaban J connectivity index is 1.77. The van der Waals surface area contributed by atoms with E-state index >= 15 is 0 Å². The van der Waals surface area contributed by atoms with Crippen LogP contribution in [0.1, 0.15) is 5.56 Å². The highest BCUT2D eigenvalue weighted by Crippen LogP contribution is 2.25. The lowest BCUT2D eigenvalue weighted by molar-refractivity contribution is 0.272. The van der Waals surface area contributed by atoms with Gasteiger partial charge in [0, 0.05) is 36.2 Å². The van der Waals surface area contributed by atoms with Crippen LogP contribution in [0.25, 0.3) is 0 Å². The van der Waals surface area contributed by atoms with Gasteiger partial charge in [-0.3, -0.25) is 0 Å². The first-order chi connectivity index (χ1) is 12.6. The van der Waals surface area contributed by atoms with Gasteiger partial charge in [0.15, 0.2) is 0 Å². The Hall–Kier alpha value is -1.16. The van der Waals surface area contributed by atoms with Crippen LogP contribution in [-0.4, -0.2) is 51.6 Å². The molecule has 0 aromatic heterocycles. The predicted octanol–water partition coefficient (Wildman–Crippen LogP) is 3.00. The highest BCUT2D eigenvalue weighted by molar-refractivity contribution is 7.89. The normalized spacial score (nSPS) is 17.1. The summed E-state index contributed by atoms with van der Waals surface area (Å²) in [5, 5.41) is 0.911. The van der Waals surface area contributed by atoms with Crippen molar-refractivity contribution in [1.29, 1.82) is 0 Å². The summed E-state index contributed by atoms with van der Waals surface area (Å²) in [5.74, 6) is 0.